The van der Waals surface area contributed by atoms with E-state index in [0.29, 0.717) is 19.0 Å². The van der Waals surface area contributed by atoms with Crippen molar-refractivity contribution in [2.24, 2.45) is 0 Å². The van der Waals surface area contributed by atoms with E-state index in [-0.39, 0.29) is 17.3 Å². The molecule has 7 nitrogen and oxygen atoms in total. The van der Waals surface area contributed by atoms with Crippen LogP contribution in [-0.2, 0) is 0 Å². The number of ether oxygens (including phenoxy) is 2. The highest BCUT2D eigenvalue weighted by Crippen LogP contribution is 2.30. The predicted molar refractivity (Wildman–Crippen MR) is 83.9 cm³/mol. The zero-order valence-corrected chi connectivity index (χ0v) is 13.3. The first-order chi connectivity index (χ1) is 10.6. The number of benzene rings is 1. The van der Waals surface area contributed by atoms with Crippen molar-refractivity contribution >= 4 is 17.9 Å². The van der Waals surface area contributed by atoms with Crippen LogP contribution in [0.5, 0.6) is 11.5 Å². The largest absolute Gasteiger partial charge is 0.494 e. The molecule has 0 saturated heterocycles. The Morgan fingerprint density at radius 1 is 1.36 bits per heavy atom. The fourth-order valence-corrected chi connectivity index (χ4v) is 1.99. The van der Waals surface area contributed by atoms with Gasteiger partial charge in [0, 0.05) is 12.6 Å². The molecule has 0 aliphatic heterocycles. The van der Waals surface area contributed by atoms with Gasteiger partial charge in [-0.05, 0) is 38.2 Å². The van der Waals surface area contributed by atoms with E-state index in [0.717, 1.165) is 11.4 Å². The topological polar surface area (TPSA) is 92.5 Å². The Morgan fingerprint density at radius 3 is 2.77 bits per heavy atom. The maximum absolute atomic E-state index is 10.0. The number of aliphatic hydroxyl groups is 1. The zero-order chi connectivity index (χ0) is 15.9. The van der Waals surface area contributed by atoms with Crippen molar-refractivity contribution in [3.63, 3.8) is 0 Å². The van der Waals surface area contributed by atoms with Crippen LogP contribution in [0.4, 0.5) is 5.69 Å². The van der Waals surface area contributed by atoms with Gasteiger partial charge in [-0.1, -0.05) is 0 Å². The second kappa shape index (κ2) is 7.81. The lowest BCUT2D eigenvalue weighted by atomic mass is 10.2. The van der Waals surface area contributed by atoms with Crippen molar-refractivity contribution in [2.45, 2.75) is 20.0 Å². The first-order valence-corrected chi connectivity index (χ1v) is 7.41. The Morgan fingerprint density at radius 2 is 2.14 bits per heavy atom. The summed E-state index contributed by atoms with van der Waals surface area (Å²) in [7, 11) is 0. The molecule has 8 heteroatoms. The van der Waals surface area contributed by atoms with Crippen LogP contribution in [0.25, 0.3) is 0 Å². The highest BCUT2D eigenvalue weighted by molar-refractivity contribution is 7.71. The molecule has 0 spiro atoms. The summed E-state index contributed by atoms with van der Waals surface area (Å²) in [5, 5.41) is 19.4. The lowest BCUT2D eigenvalue weighted by Gasteiger charge is -2.15. The average Bonchev–Trinajstić information content (AvgIpc) is 2.94. The molecule has 0 aliphatic rings. The fourth-order valence-electron chi connectivity index (χ4n) is 1.86. The second-order valence-corrected chi connectivity index (χ2v) is 4.74. The summed E-state index contributed by atoms with van der Waals surface area (Å²) in [5.74, 6) is 1.54. The summed E-state index contributed by atoms with van der Waals surface area (Å²) in [5.41, 5.74) is 0.723. The number of H-pyrrole nitrogens is 1. The third-order valence-corrected chi connectivity index (χ3v) is 2.96. The van der Waals surface area contributed by atoms with Gasteiger partial charge in [-0.15, -0.1) is 5.10 Å². The van der Waals surface area contributed by atoms with Gasteiger partial charge in [-0.25, -0.2) is 5.10 Å². The maximum atomic E-state index is 10.0. The van der Waals surface area contributed by atoms with Crippen LogP contribution in [0, 0.1) is 4.84 Å². The summed E-state index contributed by atoms with van der Waals surface area (Å²) in [6.45, 7) is 5.13. The normalized spacial score (nSPS) is 12.0. The molecule has 1 aromatic carbocycles. The molecule has 0 aliphatic carbocycles. The predicted octanol–water partition coefficient (Wildman–Crippen LogP) is 2.68. The van der Waals surface area contributed by atoms with Crippen molar-refractivity contribution in [1.29, 1.82) is 0 Å². The summed E-state index contributed by atoms with van der Waals surface area (Å²) >= 11 is 4.78. The van der Waals surface area contributed by atoms with Crippen LogP contribution in [0.3, 0.4) is 0 Å². The molecule has 0 radical (unpaired) electrons. The molecule has 0 amide bonds. The highest BCUT2D eigenvalue weighted by atomic mass is 32.1. The van der Waals surface area contributed by atoms with Crippen LogP contribution < -0.4 is 14.8 Å². The zero-order valence-electron chi connectivity index (χ0n) is 12.5. The number of nitrogens with one attached hydrogen (secondary N) is 2. The highest BCUT2D eigenvalue weighted by Gasteiger charge is 2.14. The van der Waals surface area contributed by atoms with E-state index in [4.69, 9.17) is 26.1 Å². The van der Waals surface area contributed by atoms with Crippen LogP contribution >= 0.6 is 12.2 Å². The molecule has 2 aromatic rings. The minimum absolute atomic E-state index is 0.127. The van der Waals surface area contributed by atoms with Crippen molar-refractivity contribution in [1.82, 2.24) is 10.2 Å². The van der Waals surface area contributed by atoms with Gasteiger partial charge in [0.05, 0.1) is 18.9 Å². The summed E-state index contributed by atoms with van der Waals surface area (Å²) < 4.78 is 16.1. The van der Waals surface area contributed by atoms with E-state index in [2.05, 4.69) is 15.5 Å². The van der Waals surface area contributed by atoms with Crippen molar-refractivity contribution < 1.29 is 19.0 Å². The van der Waals surface area contributed by atoms with Crippen LogP contribution in [0.15, 0.2) is 22.6 Å². The molecule has 2 rings (SSSR count). The average molecular weight is 325 g/mol. The molecule has 0 fully saturated rings. The van der Waals surface area contributed by atoms with Gasteiger partial charge < -0.3 is 24.3 Å². The molecular weight excluding hydrogens is 306 g/mol. The third kappa shape index (κ3) is 4.22. The molecule has 0 saturated carbocycles. The number of aromatic amines is 1. The standard InChI is InChI=1S/C14H19N3O4S/c1-3-19-9-5-6-12(20-4-2)10(7-9)15-8-11(18)13-16-17-14(22)21-13/h5-7,11,15,18H,3-4,8H2,1-2H3,(H,17,22). The first-order valence-electron chi connectivity index (χ1n) is 7.01. The van der Waals surface area contributed by atoms with Gasteiger partial charge in [0.2, 0.25) is 5.89 Å². The Balaban J connectivity index is 2.09. The monoisotopic (exact) mass is 325 g/mol. The fraction of sp³-hybridized carbons (Fsp3) is 0.429. The second-order valence-electron chi connectivity index (χ2n) is 4.37. The van der Waals surface area contributed by atoms with E-state index in [1.165, 1.54) is 0 Å². The lowest BCUT2D eigenvalue weighted by Crippen LogP contribution is -2.13. The van der Waals surface area contributed by atoms with Crippen molar-refractivity contribution in [3.05, 3.63) is 28.9 Å². The molecule has 120 valence electrons. The Labute approximate surface area is 133 Å². The lowest BCUT2D eigenvalue weighted by molar-refractivity contribution is 0.155. The summed E-state index contributed by atoms with van der Waals surface area (Å²) in [4.78, 5) is 0.127. The molecule has 1 heterocycles. The minimum Gasteiger partial charge on any atom is -0.494 e. The van der Waals surface area contributed by atoms with Gasteiger partial charge in [-0.2, -0.15) is 0 Å². The van der Waals surface area contributed by atoms with E-state index >= 15 is 0 Å². The Hall–Kier alpha value is -2.06. The number of anilines is 1. The Bertz CT molecular complexity index is 656. The minimum atomic E-state index is -0.932. The molecular formula is C14H19N3O4S. The SMILES string of the molecule is CCOc1ccc(OCC)c(NCC(O)c2n[nH]c(=S)o2)c1. The molecule has 1 unspecified atom stereocenters. The van der Waals surface area contributed by atoms with E-state index in [1.54, 1.807) is 0 Å². The number of hydrogen-bond donors (Lipinski definition) is 3. The van der Waals surface area contributed by atoms with Crippen LogP contribution in [0.2, 0.25) is 0 Å². The smallest absolute Gasteiger partial charge is 0.284 e. The van der Waals surface area contributed by atoms with Gasteiger partial charge in [-0.3, -0.25) is 0 Å². The van der Waals surface area contributed by atoms with Gasteiger partial charge in [0.1, 0.15) is 17.6 Å². The van der Waals surface area contributed by atoms with E-state index in [9.17, 15) is 5.11 Å². The number of nitrogens with zero attached hydrogens (tertiary/aromatic N) is 1. The summed E-state index contributed by atoms with van der Waals surface area (Å²) in [6, 6.07) is 5.48. The number of aromatic nitrogens is 2. The quantitative estimate of drug-likeness (QED) is 0.643. The molecule has 22 heavy (non-hydrogen) atoms. The van der Waals surface area contributed by atoms with Crippen molar-refractivity contribution in [2.75, 3.05) is 25.1 Å². The molecule has 3 N–H and O–H groups in total. The van der Waals surface area contributed by atoms with Crippen molar-refractivity contribution in [3.8, 4) is 11.5 Å². The van der Waals surface area contributed by atoms with Gasteiger partial charge >= 0.3 is 0 Å². The number of aliphatic hydroxyl groups excluding tert-OH is 1. The van der Waals surface area contributed by atoms with E-state index < -0.39 is 6.10 Å². The third-order valence-electron chi connectivity index (χ3n) is 2.79. The van der Waals surface area contributed by atoms with Crippen LogP contribution in [-0.4, -0.2) is 35.1 Å². The van der Waals surface area contributed by atoms with Gasteiger partial charge in [0.25, 0.3) is 4.84 Å². The number of hydrogen-bond acceptors (Lipinski definition) is 7. The van der Waals surface area contributed by atoms with Crippen LogP contribution in [0.1, 0.15) is 25.8 Å². The molecule has 1 atom stereocenters. The van der Waals surface area contributed by atoms with Gasteiger partial charge in [0.15, 0.2) is 0 Å². The molecule has 0 bridgehead atoms. The number of rotatable bonds is 8. The summed E-state index contributed by atoms with van der Waals surface area (Å²) in [6.07, 6.45) is -0.932. The maximum Gasteiger partial charge on any atom is 0.284 e. The van der Waals surface area contributed by atoms with E-state index in [1.807, 2.05) is 32.0 Å². The first kappa shape index (κ1) is 16.3. The Kier molecular flexibility index (Phi) is 5.79. The molecule has 1 aromatic heterocycles.